The summed E-state index contributed by atoms with van der Waals surface area (Å²) in [4.78, 5) is 11.6. The molecule has 1 aliphatic rings. The largest absolute Gasteiger partial charge is 0.300 e. The van der Waals surface area contributed by atoms with Crippen molar-refractivity contribution in [3.8, 4) is 0 Å². The predicted octanol–water partition coefficient (Wildman–Crippen LogP) is 5.05. The van der Waals surface area contributed by atoms with Crippen LogP contribution in [0.25, 0.3) is 0 Å². The Morgan fingerprint density at radius 3 is 2.41 bits per heavy atom. The highest BCUT2D eigenvalue weighted by Gasteiger charge is 2.04. The summed E-state index contributed by atoms with van der Waals surface area (Å²) in [5.41, 5.74) is 0. The first-order valence-electron chi connectivity index (χ1n) is 7.47. The Morgan fingerprint density at radius 1 is 0.941 bits per heavy atom. The van der Waals surface area contributed by atoms with Crippen molar-refractivity contribution in [3.63, 3.8) is 0 Å². The number of ketones is 1. The second-order valence-electron chi connectivity index (χ2n) is 5.50. The van der Waals surface area contributed by atoms with Gasteiger partial charge in [-0.25, -0.2) is 0 Å². The Kier molecular flexibility index (Phi) is 8.04. The predicted molar refractivity (Wildman–Crippen MR) is 74.1 cm³/mol. The molecule has 1 atom stereocenters. The molecule has 1 aliphatic carbocycles. The van der Waals surface area contributed by atoms with Crippen molar-refractivity contribution in [2.45, 2.75) is 77.6 Å². The third-order valence-electron chi connectivity index (χ3n) is 3.66. The van der Waals surface area contributed by atoms with E-state index in [1.54, 1.807) is 0 Å². The smallest absolute Gasteiger partial charge is 0.132 e. The van der Waals surface area contributed by atoms with Gasteiger partial charge in [-0.15, -0.1) is 0 Å². The van der Waals surface area contributed by atoms with Gasteiger partial charge in [0.2, 0.25) is 0 Å². The van der Waals surface area contributed by atoms with Gasteiger partial charge in [0.25, 0.3) is 0 Å². The van der Waals surface area contributed by atoms with E-state index in [4.69, 9.17) is 0 Å². The average Bonchev–Trinajstić information content (AvgIpc) is 2.31. The van der Waals surface area contributed by atoms with Crippen molar-refractivity contribution < 1.29 is 4.79 Å². The van der Waals surface area contributed by atoms with Crippen LogP contribution in [0.3, 0.4) is 0 Å². The van der Waals surface area contributed by atoms with Gasteiger partial charge in [-0.2, -0.15) is 0 Å². The van der Waals surface area contributed by atoms with Crippen molar-refractivity contribution in [3.05, 3.63) is 12.2 Å². The van der Waals surface area contributed by atoms with Crippen LogP contribution in [0.15, 0.2) is 12.2 Å². The van der Waals surface area contributed by atoms with Crippen molar-refractivity contribution in [1.29, 1.82) is 0 Å². The van der Waals surface area contributed by atoms with Crippen molar-refractivity contribution in [1.82, 2.24) is 0 Å². The van der Waals surface area contributed by atoms with E-state index in [1.165, 1.54) is 44.9 Å². The summed E-state index contributed by atoms with van der Waals surface area (Å²) in [6.45, 7) is 2.26. The standard InChI is InChI=1S/C16H28O/c1-15-11-8-6-4-2-3-5-7-9-13-16(17)14-10-12-15/h8,11,15H,2-7,9-10,12-14H2,1H3/b11-8-. The number of carbonyl (C=O) groups excluding carboxylic acids is 1. The SMILES string of the molecule is CC1/C=C\CCCCCCCCC(=O)CCC1. The second kappa shape index (κ2) is 9.44. The lowest BCUT2D eigenvalue weighted by molar-refractivity contribution is -0.119. The second-order valence-corrected chi connectivity index (χ2v) is 5.50. The molecule has 0 aromatic rings. The highest BCUT2D eigenvalue weighted by molar-refractivity contribution is 5.78. The van der Waals surface area contributed by atoms with Gasteiger partial charge in [-0.1, -0.05) is 44.8 Å². The first-order chi connectivity index (χ1) is 8.29. The number of rotatable bonds is 0. The lowest BCUT2D eigenvalue weighted by Crippen LogP contribution is -1.99. The molecule has 1 heteroatoms. The average molecular weight is 236 g/mol. The monoisotopic (exact) mass is 236 g/mol. The topological polar surface area (TPSA) is 17.1 Å². The maximum absolute atomic E-state index is 11.6. The fourth-order valence-electron chi connectivity index (χ4n) is 2.46. The molecule has 0 saturated carbocycles. The maximum atomic E-state index is 11.6. The van der Waals surface area contributed by atoms with E-state index in [-0.39, 0.29) is 0 Å². The Morgan fingerprint density at radius 2 is 1.59 bits per heavy atom. The van der Waals surface area contributed by atoms with Crippen LogP contribution < -0.4 is 0 Å². The van der Waals surface area contributed by atoms with Gasteiger partial charge in [-0.05, 0) is 38.0 Å². The minimum atomic E-state index is 0.482. The zero-order chi connectivity index (χ0) is 12.3. The Balaban J connectivity index is 2.30. The molecule has 0 N–H and O–H groups in total. The molecule has 0 saturated heterocycles. The van der Waals surface area contributed by atoms with E-state index in [0.29, 0.717) is 11.7 Å². The van der Waals surface area contributed by atoms with Crippen LogP contribution in [0, 0.1) is 5.92 Å². The quantitative estimate of drug-likeness (QED) is 0.538. The first kappa shape index (κ1) is 14.5. The van der Waals surface area contributed by atoms with Gasteiger partial charge >= 0.3 is 0 Å². The van der Waals surface area contributed by atoms with Crippen LogP contribution in [-0.2, 0) is 4.79 Å². The van der Waals surface area contributed by atoms with Crippen LogP contribution in [0.5, 0.6) is 0 Å². The molecule has 1 rings (SSSR count). The third-order valence-corrected chi connectivity index (χ3v) is 3.66. The lowest BCUT2D eigenvalue weighted by Gasteiger charge is -2.05. The molecule has 0 aliphatic heterocycles. The minimum absolute atomic E-state index is 0.482. The highest BCUT2D eigenvalue weighted by atomic mass is 16.1. The summed E-state index contributed by atoms with van der Waals surface area (Å²) in [6.07, 6.45) is 17.5. The molecule has 17 heavy (non-hydrogen) atoms. The lowest BCUT2D eigenvalue weighted by atomic mass is 10.0. The number of allylic oxidation sites excluding steroid dienone is 2. The molecule has 0 aromatic heterocycles. The Labute approximate surface area is 107 Å². The molecule has 0 fully saturated rings. The Bertz CT molecular complexity index is 230. The van der Waals surface area contributed by atoms with Gasteiger partial charge in [0, 0.05) is 12.8 Å². The van der Waals surface area contributed by atoms with E-state index in [2.05, 4.69) is 19.1 Å². The molecule has 1 unspecified atom stereocenters. The van der Waals surface area contributed by atoms with Gasteiger partial charge in [0.15, 0.2) is 0 Å². The van der Waals surface area contributed by atoms with Crippen molar-refractivity contribution >= 4 is 5.78 Å². The molecule has 1 nitrogen and oxygen atoms in total. The molecule has 0 amide bonds. The molecular formula is C16H28O. The third kappa shape index (κ3) is 8.18. The van der Waals surface area contributed by atoms with E-state index in [0.717, 1.165) is 25.7 Å². The minimum Gasteiger partial charge on any atom is -0.300 e. The van der Waals surface area contributed by atoms with Crippen molar-refractivity contribution in [2.24, 2.45) is 5.92 Å². The van der Waals surface area contributed by atoms with Crippen LogP contribution in [-0.4, -0.2) is 5.78 Å². The number of hydrogen-bond donors (Lipinski definition) is 0. The summed E-state index contributed by atoms with van der Waals surface area (Å²) in [6, 6.07) is 0. The van der Waals surface area contributed by atoms with E-state index < -0.39 is 0 Å². The van der Waals surface area contributed by atoms with Gasteiger partial charge in [-0.3, -0.25) is 4.79 Å². The molecular weight excluding hydrogens is 208 g/mol. The van der Waals surface area contributed by atoms with Gasteiger partial charge in [0.1, 0.15) is 5.78 Å². The zero-order valence-corrected chi connectivity index (χ0v) is 11.4. The van der Waals surface area contributed by atoms with Crippen LogP contribution in [0.2, 0.25) is 0 Å². The first-order valence-corrected chi connectivity index (χ1v) is 7.47. The zero-order valence-electron chi connectivity index (χ0n) is 11.4. The fourth-order valence-corrected chi connectivity index (χ4v) is 2.46. The summed E-state index contributed by atoms with van der Waals surface area (Å²) < 4.78 is 0. The van der Waals surface area contributed by atoms with Gasteiger partial charge < -0.3 is 0 Å². The van der Waals surface area contributed by atoms with Crippen LogP contribution in [0.1, 0.15) is 77.6 Å². The summed E-state index contributed by atoms with van der Waals surface area (Å²) >= 11 is 0. The normalized spacial score (nSPS) is 28.1. The molecule has 0 radical (unpaired) electrons. The Hall–Kier alpha value is -0.590. The van der Waals surface area contributed by atoms with E-state index in [1.807, 2.05) is 0 Å². The summed E-state index contributed by atoms with van der Waals surface area (Å²) in [5.74, 6) is 1.13. The van der Waals surface area contributed by atoms with E-state index >= 15 is 0 Å². The highest BCUT2D eigenvalue weighted by Crippen LogP contribution is 2.15. The van der Waals surface area contributed by atoms with Gasteiger partial charge in [0.05, 0.1) is 0 Å². The molecule has 0 spiro atoms. The molecule has 98 valence electrons. The maximum Gasteiger partial charge on any atom is 0.132 e. The molecule has 0 aromatic carbocycles. The number of carbonyl (C=O) groups is 1. The van der Waals surface area contributed by atoms with Crippen LogP contribution >= 0.6 is 0 Å². The number of hydrogen-bond acceptors (Lipinski definition) is 1. The number of Topliss-reactive ketones (excluding diaryl/α,β-unsaturated/α-hetero) is 1. The van der Waals surface area contributed by atoms with Crippen LogP contribution in [0.4, 0.5) is 0 Å². The fraction of sp³-hybridized carbons (Fsp3) is 0.812. The summed E-state index contributed by atoms with van der Waals surface area (Å²) in [7, 11) is 0. The molecule has 0 bridgehead atoms. The summed E-state index contributed by atoms with van der Waals surface area (Å²) in [5, 5.41) is 0. The van der Waals surface area contributed by atoms with Crippen molar-refractivity contribution in [2.75, 3.05) is 0 Å². The van der Waals surface area contributed by atoms with E-state index in [9.17, 15) is 4.79 Å². The molecule has 0 heterocycles.